The first-order valence-corrected chi connectivity index (χ1v) is 6.07. The van der Waals surface area contributed by atoms with Crippen LogP contribution in [0.25, 0.3) is 0 Å². The molecular formula is C13H19N5. The van der Waals surface area contributed by atoms with E-state index < -0.39 is 0 Å². The lowest BCUT2D eigenvalue weighted by atomic mass is 10.1. The van der Waals surface area contributed by atoms with Crippen LogP contribution in [0, 0.1) is 6.92 Å². The van der Waals surface area contributed by atoms with E-state index in [4.69, 9.17) is 5.73 Å². The van der Waals surface area contributed by atoms with Crippen molar-refractivity contribution in [2.75, 3.05) is 11.1 Å². The van der Waals surface area contributed by atoms with Gasteiger partial charge in [0.05, 0.1) is 6.54 Å². The normalized spacial score (nSPS) is 10.9. The molecule has 0 spiro atoms. The fourth-order valence-electron chi connectivity index (χ4n) is 1.74. The van der Waals surface area contributed by atoms with Gasteiger partial charge in [0.2, 0.25) is 11.9 Å². The average molecular weight is 245 g/mol. The van der Waals surface area contributed by atoms with Crippen LogP contribution < -0.4 is 11.1 Å². The molecule has 0 fully saturated rings. The quantitative estimate of drug-likeness (QED) is 0.865. The summed E-state index contributed by atoms with van der Waals surface area (Å²) in [6.45, 7) is 6.80. The van der Waals surface area contributed by atoms with Gasteiger partial charge in [-0.1, -0.05) is 24.3 Å². The molecule has 0 saturated heterocycles. The van der Waals surface area contributed by atoms with Gasteiger partial charge < -0.3 is 11.1 Å². The number of benzene rings is 1. The third-order valence-corrected chi connectivity index (χ3v) is 2.70. The van der Waals surface area contributed by atoms with E-state index in [1.165, 1.54) is 11.1 Å². The number of nitrogens with one attached hydrogen (secondary N) is 1. The molecule has 96 valence electrons. The Morgan fingerprint density at radius 2 is 2.06 bits per heavy atom. The number of hydrogen-bond acceptors (Lipinski definition) is 4. The maximum atomic E-state index is 5.86. The van der Waals surface area contributed by atoms with Crippen molar-refractivity contribution in [2.45, 2.75) is 33.4 Å². The van der Waals surface area contributed by atoms with E-state index >= 15 is 0 Å². The summed E-state index contributed by atoms with van der Waals surface area (Å²) in [5.74, 6) is 1.01. The monoisotopic (exact) mass is 245 g/mol. The Morgan fingerprint density at radius 1 is 1.33 bits per heavy atom. The third-order valence-electron chi connectivity index (χ3n) is 2.70. The number of anilines is 2. The van der Waals surface area contributed by atoms with Crippen molar-refractivity contribution in [3.8, 4) is 0 Å². The fourth-order valence-corrected chi connectivity index (χ4v) is 1.74. The lowest BCUT2D eigenvalue weighted by Crippen LogP contribution is -2.11. The number of nitrogens with zero attached hydrogens (tertiary/aromatic N) is 3. The fraction of sp³-hybridized carbons (Fsp3) is 0.385. The number of rotatable bonds is 4. The molecule has 2 rings (SSSR count). The van der Waals surface area contributed by atoms with E-state index in [-0.39, 0.29) is 0 Å². The van der Waals surface area contributed by atoms with Gasteiger partial charge in [0.25, 0.3) is 0 Å². The zero-order chi connectivity index (χ0) is 13.1. The van der Waals surface area contributed by atoms with Crippen LogP contribution in [-0.4, -0.2) is 20.8 Å². The van der Waals surface area contributed by atoms with E-state index in [9.17, 15) is 0 Å². The van der Waals surface area contributed by atoms with Crippen molar-refractivity contribution in [1.82, 2.24) is 14.8 Å². The van der Waals surface area contributed by atoms with Crippen LogP contribution >= 0.6 is 0 Å². The third kappa shape index (κ3) is 2.80. The van der Waals surface area contributed by atoms with Gasteiger partial charge in [-0.15, -0.1) is 5.10 Å². The van der Waals surface area contributed by atoms with Crippen molar-refractivity contribution in [3.05, 3.63) is 35.4 Å². The lowest BCUT2D eigenvalue weighted by molar-refractivity contribution is 0.692. The highest BCUT2D eigenvalue weighted by atomic mass is 15.4. The van der Waals surface area contributed by atoms with E-state index in [1.54, 1.807) is 4.68 Å². The second-order valence-electron chi connectivity index (χ2n) is 4.68. The topological polar surface area (TPSA) is 68.8 Å². The Hall–Kier alpha value is -2.04. The molecule has 0 aliphatic rings. The van der Waals surface area contributed by atoms with E-state index in [2.05, 4.69) is 34.5 Å². The molecule has 0 aliphatic heterocycles. The van der Waals surface area contributed by atoms with Crippen molar-refractivity contribution in [2.24, 2.45) is 0 Å². The van der Waals surface area contributed by atoms with Crippen LogP contribution in [0.2, 0.25) is 0 Å². The first kappa shape index (κ1) is 12.4. The predicted octanol–water partition coefficient (Wildman–Crippen LogP) is 2.04. The SMILES string of the molecule is Cc1ccccc1Cn1nc(NC(C)C)nc1N. The van der Waals surface area contributed by atoms with E-state index in [0.29, 0.717) is 24.5 Å². The first-order chi connectivity index (χ1) is 8.56. The molecule has 5 nitrogen and oxygen atoms in total. The van der Waals surface area contributed by atoms with Crippen molar-refractivity contribution < 1.29 is 0 Å². The Bertz CT molecular complexity index is 530. The van der Waals surface area contributed by atoms with Gasteiger partial charge in [-0.3, -0.25) is 0 Å². The minimum atomic E-state index is 0.290. The molecule has 1 heterocycles. The van der Waals surface area contributed by atoms with Crippen LogP contribution in [0.5, 0.6) is 0 Å². The highest BCUT2D eigenvalue weighted by Gasteiger charge is 2.08. The van der Waals surface area contributed by atoms with Crippen LogP contribution in [0.1, 0.15) is 25.0 Å². The average Bonchev–Trinajstić information content (AvgIpc) is 2.61. The minimum absolute atomic E-state index is 0.290. The summed E-state index contributed by atoms with van der Waals surface area (Å²) in [4.78, 5) is 4.20. The second kappa shape index (κ2) is 5.08. The maximum absolute atomic E-state index is 5.86. The molecule has 1 aromatic heterocycles. The molecule has 0 radical (unpaired) electrons. The zero-order valence-corrected chi connectivity index (χ0v) is 11.0. The summed E-state index contributed by atoms with van der Waals surface area (Å²) in [6, 6.07) is 8.48. The van der Waals surface area contributed by atoms with Crippen LogP contribution in [0.4, 0.5) is 11.9 Å². The minimum Gasteiger partial charge on any atom is -0.368 e. The van der Waals surface area contributed by atoms with Gasteiger partial charge in [-0.25, -0.2) is 4.68 Å². The smallest absolute Gasteiger partial charge is 0.244 e. The highest BCUT2D eigenvalue weighted by molar-refractivity contribution is 5.34. The predicted molar refractivity (Wildman–Crippen MR) is 73.5 cm³/mol. The summed E-state index contributed by atoms with van der Waals surface area (Å²) < 4.78 is 1.72. The standard InChI is InChI=1S/C13H19N5/c1-9(2)15-13-16-12(14)18(17-13)8-11-7-5-4-6-10(11)3/h4-7,9H,8H2,1-3H3,(H3,14,15,16,17). The molecule has 0 bridgehead atoms. The van der Waals surface area contributed by atoms with Crippen LogP contribution in [0.3, 0.4) is 0 Å². The zero-order valence-electron chi connectivity index (χ0n) is 11.0. The van der Waals surface area contributed by atoms with Crippen LogP contribution in [-0.2, 0) is 6.54 Å². The molecule has 0 unspecified atom stereocenters. The van der Waals surface area contributed by atoms with Gasteiger partial charge >= 0.3 is 0 Å². The molecule has 0 aliphatic carbocycles. The Morgan fingerprint density at radius 3 is 2.72 bits per heavy atom. The van der Waals surface area contributed by atoms with Gasteiger partial charge in [-0.05, 0) is 31.9 Å². The molecule has 18 heavy (non-hydrogen) atoms. The molecular weight excluding hydrogens is 226 g/mol. The Labute approximate surface area is 107 Å². The Kier molecular flexibility index (Phi) is 3.50. The molecule has 1 aromatic carbocycles. The van der Waals surface area contributed by atoms with Crippen molar-refractivity contribution in [1.29, 1.82) is 0 Å². The summed E-state index contributed by atoms with van der Waals surface area (Å²) in [5.41, 5.74) is 8.29. The van der Waals surface area contributed by atoms with Crippen molar-refractivity contribution >= 4 is 11.9 Å². The molecule has 0 saturated carbocycles. The van der Waals surface area contributed by atoms with E-state index in [0.717, 1.165) is 0 Å². The molecule has 2 aromatic rings. The molecule has 5 heteroatoms. The number of aryl methyl sites for hydroxylation is 1. The lowest BCUT2D eigenvalue weighted by Gasteiger charge is -2.06. The molecule has 0 atom stereocenters. The Balaban J connectivity index is 2.19. The number of hydrogen-bond donors (Lipinski definition) is 2. The number of nitrogens with two attached hydrogens (primary N) is 1. The first-order valence-electron chi connectivity index (χ1n) is 6.07. The second-order valence-corrected chi connectivity index (χ2v) is 4.68. The number of aromatic nitrogens is 3. The maximum Gasteiger partial charge on any atom is 0.244 e. The van der Waals surface area contributed by atoms with E-state index in [1.807, 2.05) is 26.0 Å². The highest BCUT2D eigenvalue weighted by Crippen LogP contribution is 2.12. The van der Waals surface area contributed by atoms with Crippen LogP contribution in [0.15, 0.2) is 24.3 Å². The summed E-state index contributed by atoms with van der Waals surface area (Å²) in [7, 11) is 0. The summed E-state index contributed by atoms with van der Waals surface area (Å²) in [5, 5.41) is 7.50. The van der Waals surface area contributed by atoms with Gasteiger partial charge in [0, 0.05) is 6.04 Å². The number of nitrogen functional groups attached to an aromatic ring is 1. The van der Waals surface area contributed by atoms with Crippen molar-refractivity contribution in [3.63, 3.8) is 0 Å². The largest absolute Gasteiger partial charge is 0.368 e. The summed E-state index contributed by atoms with van der Waals surface area (Å²) in [6.07, 6.45) is 0. The van der Waals surface area contributed by atoms with Gasteiger partial charge in [0.1, 0.15) is 0 Å². The van der Waals surface area contributed by atoms with Gasteiger partial charge in [-0.2, -0.15) is 4.98 Å². The molecule has 0 amide bonds. The van der Waals surface area contributed by atoms with Gasteiger partial charge in [0.15, 0.2) is 0 Å². The molecule has 3 N–H and O–H groups in total. The summed E-state index contributed by atoms with van der Waals surface area (Å²) >= 11 is 0.